The minimum absolute atomic E-state index is 0.303. The molecular weight excluding hydrogens is 334 g/mol. The van der Waals surface area contributed by atoms with E-state index in [1.54, 1.807) is 36.8 Å². The predicted molar refractivity (Wildman–Crippen MR) is 97.4 cm³/mol. The van der Waals surface area contributed by atoms with Crippen molar-refractivity contribution in [2.24, 2.45) is 0 Å². The second kappa shape index (κ2) is 5.82. The summed E-state index contributed by atoms with van der Waals surface area (Å²) in [5, 5.41) is 0. The van der Waals surface area contributed by atoms with Crippen LogP contribution in [0.3, 0.4) is 0 Å². The van der Waals surface area contributed by atoms with Crippen LogP contribution in [0.5, 0.6) is 0 Å². The monoisotopic (exact) mass is 349 g/mol. The van der Waals surface area contributed by atoms with E-state index in [4.69, 9.17) is 0 Å². The number of nitrogens with zero attached hydrogens (tertiary/aromatic N) is 3. The fourth-order valence-corrected chi connectivity index (χ4v) is 3.41. The van der Waals surface area contributed by atoms with Crippen molar-refractivity contribution in [1.82, 2.24) is 14.5 Å². The molecule has 5 nitrogen and oxygen atoms in total. The third-order valence-corrected chi connectivity index (χ3v) is 5.21. The lowest BCUT2D eigenvalue weighted by Crippen LogP contribution is -1.98. The molecule has 124 valence electrons. The minimum Gasteiger partial charge on any atom is -0.299 e. The number of sulfone groups is 1. The van der Waals surface area contributed by atoms with Gasteiger partial charge in [0.15, 0.2) is 9.84 Å². The van der Waals surface area contributed by atoms with Gasteiger partial charge in [-0.25, -0.2) is 13.4 Å². The normalized spacial score (nSPS) is 11.7. The Hall–Kier alpha value is -2.99. The van der Waals surface area contributed by atoms with Crippen molar-refractivity contribution in [3.05, 3.63) is 73.3 Å². The molecule has 0 aliphatic carbocycles. The molecule has 4 aromatic rings. The Bertz CT molecular complexity index is 1150. The Labute approximate surface area is 145 Å². The first-order chi connectivity index (χ1) is 12.0. The average Bonchev–Trinajstić information content (AvgIpc) is 3.05. The van der Waals surface area contributed by atoms with Gasteiger partial charge in [-0.1, -0.05) is 12.1 Å². The van der Waals surface area contributed by atoms with E-state index in [9.17, 15) is 8.42 Å². The second-order valence-corrected chi connectivity index (χ2v) is 7.84. The van der Waals surface area contributed by atoms with E-state index < -0.39 is 9.84 Å². The Morgan fingerprint density at radius 1 is 0.960 bits per heavy atom. The lowest BCUT2D eigenvalue weighted by Gasteiger charge is -2.07. The number of aromatic nitrogens is 3. The number of rotatable bonds is 3. The van der Waals surface area contributed by atoms with Gasteiger partial charge < -0.3 is 0 Å². The van der Waals surface area contributed by atoms with Gasteiger partial charge in [0.05, 0.1) is 15.9 Å². The zero-order chi connectivity index (χ0) is 17.4. The molecule has 6 heteroatoms. The zero-order valence-corrected chi connectivity index (χ0v) is 14.3. The highest BCUT2D eigenvalue weighted by Crippen LogP contribution is 2.25. The van der Waals surface area contributed by atoms with Crippen LogP contribution in [0.4, 0.5) is 0 Å². The van der Waals surface area contributed by atoms with Crippen LogP contribution in [0.2, 0.25) is 0 Å². The summed E-state index contributed by atoms with van der Waals surface area (Å²) in [6, 6.07) is 16.8. The SMILES string of the molecule is CS(=O)(=O)c1ccc(-n2cnc3ccc(-c4cccnc4)cc32)cc1. The van der Waals surface area contributed by atoms with Gasteiger partial charge in [0.25, 0.3) is 0 Å². The van der Waals surface area contributed by atoms with Gasteiger partial charge >= 0.3 is 0 Å². The van der Waals surface area contributed by atoms with Gasteiger partial charge in [0.2, 0.25) is 0 Å². The van der Waals surface area contributed by atoms with E-state index >= 15 is 0 Å². The van der Waals surface area contributed by atoms with Gasteiger partial charge in [-0.3, -0.25) is 9.55 Å². The third-order valence-electron chi connectivity index (χ3n) is 4.09. The molecule has 0 unspecified atom stereocenters. The van der Waals surface area contributed by atoms with Crippen LogP contribution < -0.4 is 0 Å². The number of hydrogen-bond donors (Lipinski definition) is 0. The number of benzene rings is 2. The minimum atomic E-state index is -3.21. The van der Waals surface area contributed by atoms with Crippen LogP contribution in [-0.4, -0.2) is 29.2 Å². The molecule has 0 atom stereocenters. The maximum atomic E-state index is 11.6. The molecule has 0 fully saturated rings. The van der Waals surface area contributed by atoms with E-state index in [0.717, 1.165) is 27.8 Å². The summed E-state index contributed by atoms with van der Waals surface area (Å²) in [7, 11) is -3.21. The first kappa shape index (κ1) is 15.5. The number of pyridine rings is 1. The Morgan fingerprint density at radius 3 is 2.44 bits per heavy atom. The highest BCUT2D eigenvalue weighted by molar-refractivity contribution is 7.90. The summed E-state index contributed by atoms with van der Waals surface area (Å²) in [5.74, 6) is 0. The largest absolute Gasteiger partial charge is 0.299 e. The molecular formula is C19H15N3O2S. The fraction of sp³-hybridized carbons (Fsp3) is 0.0526. The fourth-order valence-electron chi connectivity index (χ4n) is 2.78. The molecule has 0 aliphatic heterocycles. The van der Waals surface area contributed by atoms with Crippen LogP contribution in [0.15, 0.2) is 78.2 Å². The van der Waals surface area contributed by atoms with Gasteiger partial charge in [-0.15, -0.1) is 0 Å². The molecule has 0 bridgehead atoms. The molecule has 0 aliphatic rings. The van der Waals surface area contributed by atoms with Gasteiger partial charge in [-0.05, 0) is 48.0 Å². The van der Waals surface area contributed by atoms with E-state index in [1.165, 1.54) is 6.26 Å². The maximum absolute atomic E-state index is 11.6. The topological polar surface area (TPSA) is 64.8 Å². The van der Waals surface area contributed by atoms with Crippen molar-refractivity contribution >= 4 is 20.9 Å². The van der Waals surface area contributed by atoms with E-state index in [-0.39, 0.29) is 0 Å². The lowest BCUT2D eigenvalue weighted by atomic mass is 10.1. The lowest BCUT2D eigenvalue weighted by molar-refractivity contribution is 0.602. The maximum Gasteiger partial charge on any atom is 0.175 e. The van der Waals surface area contributed by atoms with Gasteiger partial charge in [0, 0.05) is 29.9 Å². The van der Waals surface area contributed by atoms with E-state index in [0.29, 0.717) is 4.90 Å². The van der Waals surface area contributed by atoms with E-state index in [2.05, 4.69) is 16.0 Å². The summed E-state index contributed by atoms with van der Waals surface area (Å²) in [6.45, 7) is 0. The number of hydrogen-bond acceptors (Lipinski definition) is 4. The standard InChI is InChI=1S/C19H15N3O2S/c1-25(23,24)17-7-5-16(6-8-17)22-13-21-18-9-4-14(11-19(18)22)15-3-2-10-20-12-15/h2-13H,1H3. The van der Waals surface area contributed by atoms with Gasteiger partial charge in [-0.2, -0.15) is 0 Å². The molecule has 2 aromatic carbocycles. The third kappa shape index (κ3) is 2.92. The van der Waals surface area contributed by atoms with Crippen LogP contribution >= 0.6 is 0 Å². The summed E-state index contributed by atoms with van der Waals surface area (Å²) >= 11 is 0. The Balaban J connectivity index is 1.83. The second-order valence-electron chi connectivity index (χ2n) is 5.83. The molecule has 2 heterocycles. The molecule has 0 saturated heterocycles. The van der Waals surface area contributed by atoms with Crippen LogP contribution in [-0.2, 0) is 9.84 Å². The van der Waals surface area contributed by atoms with Crippen LogP contribution in [0, 0.1) is 0 Å². The first-order valence-corrected chi connectivity index (χ1v) is 9.59. The van der Waals surface area contributed by atoms with Crippen molar-refractivity contribution in [2.75, 3.05) is 6.26 Å². The highest BCUT2D eigenvalue weighted by atomic mass is 32.2. The Kier molecular flexibility index (Phi) is 3.62. The number of fused-ring (bicyclic) bond motifs is 1. The zero-order valence-electron chi connectivity index (χ0n) is 13.5. The Morgan fingerprint density at radius 2 is 1.76 bits per heavy atom. The first-order valence-electron chi connectivity index (χ1n) is 7.70. The van der Waals surface area contributed by atoms with Crippen LogP contribution in [0.1, 0.15) is 0 Å². The molecule has 0 saturated carbocycles. The van der Waals surface area contributed by atoms with Crippen molar-refractivity contribution < 1.29 is 8.42 Å². The molecule has 0 radical (unpaired) electrons. The van der Waals surface area contributed by atoms with Crippen molar-refractivity contribution in [1.29, 1.82) is 0 Å². The van der Waals surface area contributed by atoms with Crippen molar-refractivity contribution in [3.63, 3.8) is 0 Å². The molecule has 0 amide bonds. The smallest absolute Gasteiger partial charge is 0.175 e. The van der Waals surface area contributed by atoms with Crippen molar-refractivity contribution in [3.8, 4) is 16.8 Å². The predicted octanol–water partition coefficient (Wildman–Crippen LogP) is 3.49. The molecule has 0 spiro atoms. The molecule has 0 N–H and O–H groups in total. The summed E-state index contributed by atoms with van der Waals surface area (Å²) in [6.07, 6.45) is 6.51. The van der Waals surface area contributed by atoms with Crippen molar-refractivity contribution in [2.45, 2.75) is 4.90 Å². The van der Waals surface area contributed by atoms with Gasteiger partial charge in [0.1, 0.15) is 6.33 Å². The molecule has 25 heavy (non-hydrogen) atoms. The molecule has 2 aromatic heterocycles. The molecule has 4 rings (SSSR count). The summed E-state index contributed by atoms with van der Waals surface area (Å²) in [5.41, 5.74) is 4.77. The average molecular weight is 349 g/mol. The summed E-state index contributed by atoms with van der Waals surface area (Å²) < 4.78 is 25.2. The van der Waals surface area contributed by atoms with E-state index in [1.807, 2.05) is 35.0 Å². The summed E-state index contributed by atoms with van der Waals surface area (Å²) in [4.78, 5) is 8.90. The quantitative estimate of drug-likeness (QED) is 0.568. The highest BCUT2D eigenvalue weighted by Gasteiger charge is 2.10. The number of imidazole rings is 1. The van der Waals surface area contributed by atoms with Crippen LogP contribution in [0.25, 0.3) is 27.8 Å².